The lowest BCUT2D eigenvalue weighted by atomic mass is 9.71. The van der Waals surface area contributed by atoms with Crippen LogP contribution in [0.25, 0.3) is 0 Å². The highest BCUT2D eigenvalue weighted by molar-refractivity contribution is 5.87. The molecule has 1 aromatic rings. The molecule has 0 bridgehead atoms. The van der Waals surface area contributed by atoms with E-state index in [1.807, 2.05) is 53.0 Å². The van der Waals surface area contributed by atoms with E-state index in [-0.39, 0.29) is 73.4 Å². The van der Waals surface area contributed by atoms with Gasteiger partial charge in [-0.2, -0.15) is 0 Å². The quantitative estimate of drug-likeness (QED) is 0.132. The Labute approximate surface area is 433 Å². The van der Waals surface area contributed by atoms with E-state index in [1.54, 1.807) is 63.6 Å². The molecule has 3 saturated heterocycles. The number of carbonyl (C=O) groups is 2. The molecule has 0 saturated carbocycles. The summed E-state index contributed by atoms with van der Waals surface area (Å²) in [6, 6.07) is 8.34. The summed E-state index contributed by atoms with van der Waals surface area (Å²) in [6.07, 6.45) is 10.1. The summed E-state index contributed by atoms with van der Waals surface area (Å²) < 4.78 is 64.4. The fourth-order valence-electron chi connectivity index (χ4n) is 11.2. The third-order valence-electron chi connectivity index (χ3n) is 15.6. The van der Waals surface area contributed by atoms with E-state index in [0.717, 1.165) is 12.0 Å². The Hall–Kier alpha value is -3.62. The van der Waals surface area contributed by atoms with Gasteiger partial charge in [0.15, 0.2) is 18.4 Å². The molecule has 3 unspecified atom stereocenters. The van der Waals surface area contributed by atoms with Crippen LogP contribution in [0.15, 0.2) is 89.6 Å². The third kappa shape index (κ3) is 13.9. The number of esters is 1. The molecule has 5 aliphatic heterocycles. The van der Waals surface area contributed by atoms with Gasteiger partial charge in [-0.15, -0.1) is 0 Å². The first-order chi connectivity index (χ1) is 34.7. The first kappa shape index (κ1) is 58.6. The van der Waals surface area contributed by atoms with Gasteiger partial charge < -0.3 is 68.0 Å². The van der Waals surface area contributed by atoms with Crippen LogP contribution in [0.1, 0.15) is 112 Å². The molecule has 1 aliphatic carbocycles. The Morgan fingerprint density at radius 3 is 2.21 bits per heavy atom. The van der Waals surface area contributed by atoms with Crippen LogP contribution in [0.4, 0.5) is 0 Å². The number of nitrogens with one attached hydrogen (secondary N) is 1. The molecule has 408 valence electrons. The molecule has 0 amide bonds. The largest absolute Gasteiger partial charge is 0.478 e. The maximum absolute atomic E-state index is 14.2. The van der Waals surface area contributed by atoms with Crippen molar-refractivity contribution in [2.75, 3.05) is 27.9 Å². The van der Waals surface area contributed by atoms with Crippen LogP contribution in [0.3, 0.4) is 0 Å². The molecule has 16 heteroatoms. The van der Waals surface area contributed by atoms with Crippen molar-refractivity contribution in [1.29, 1.82) is 0 Å². The summed E-state index contributed by atoms with van der Waals surface area (Å²) in [6.45, 7) is 20.2. The van der Waals surface area contributed by atoms with Crippen LogP contribution in [0.2, 0.25) is 0 Å². The average molecular weight is 1020 g/mol. The Morgan fingerprint density at radius 1 is 0.890 bits per heavy atom. The molecule has 20 atom stereocenters. The standard InChI is InChI=1S/C50H79NO13.C7H6O2/c1-14-27(2)45-30(5)20-21-49(64-45)25-33(8)58-48(53)37-22-31(6)43(52)47-50(37,54)36(26-57-47)17-15-16-28(3)44(29(4)18-19-32(7)63-49)61-41-24-39(56-13)46(35(10)60-41)62-40-23-38(55-12)42(51-11)34(9)59-40;8-7(9)6-4-2-1-3-5-6/h15-18,20-22,27-28,30,32-35,37-47,51-52,54H,14,19,23-26H2,1-13H3;1-5H,(H,8,9)/b16-15+,29-18+,36-17+;/t27?,28-,30-,32-,33-,34-,35-,37+,38-,39-,40-,41-,42+,43+,44-,45+,46-,47?,49+,50?;/m0./s1. The van der Waals surface area contributed by atoms with Crippen molar-refractivity contribution >= 4 is 11.9 Å². The van der Waals surface area contributed by atoms with Crippen LogP contribution in [0, 0.1) is 23.7 Å². The molecule has 3 fully saturated rings. The zero-order valence-corrected chi connectivity index (χ0v) is 45.3. The van der Waals surface area contributed by atoms with Crippen LogP contribution >= 0.6 is 0 Å². The minimum Gasteiger partial charge on any atom is -0.478 e. The van der Waals surface area contributed by atoms with E-state index in [0.29, 0.717) is 36.0 Å². The molecule has 0 aromatic heterocycles. The Kier molecular flexibility index (Phi) is 20.8. The number of hydrogen-bond donors (Lipinski definition) is 4. The van der Waals surface area contributed by atoms with Gasteiger partial charge in [-0.05, 0) is 95.9 Å². The zero-order valence-electron chi connectivity index (χ0n) is 45.3. The molecular weight excluding hydrogens is 939 g/mol. The van der Waals surface area contributed by atoms with E-state index < -0.39 is 72.3 Å². The van der Waals surface area contributed by atoms with Crippen LogP contribution < -0.4 is 5.32 Å². The van der Waals surface area contributed by atoms with Gasteiger partial charge >= 0.3 is 11.9 Å². The van der Waals surface area contributed by atoms with Crippen molar-refractivity contribution in [3.8, 4) is 0 Å². The number of aliphatic hydroxyl groups excluding tert-OH is 1. The van der Waals surface area contributed by atoms with Crippen LogP contribution in [0.5, 0.6) is 0 Å². The summed E-state index contributed by atoms with van der Waals surface area (Å²) in [5, 5.41) is 35.4. The number of aliphatic hydroxyl groups is 2. The van der Waals surface area contributed by atoms with Gasteiger partial charge in [-0.1, -0.05) is 88.8 Å². The molecular formula is C57H85NO15. The zero-order chi connectivity index (χ0) is 53.4. The highest BCUT2D eigenvalue weighted by Gasteiger charge is 2.60. The Bertz CT molecular complexity index is 2130. The minimum absolute atomic E-state index is 0.0291. The fourth-order valence-corrected chi connectivity index (χ4v) is 11.2. The maximum Gasteiger partial charge on any atom is 0.335 e. The summed E-state index contributed by atoms with van der Waals surface area (Å²) in [4.78, 5) is 24.4. The first-order valence-electron chi connectivity index (χ1n) is 26.3. The summed E-state index contributed by atoms with van der Waals surface area (Å²) in [7, 11) is 5.30. The minimum atomic E-state index is -1.85. The van der Waals surface area contributed by atoms with Gasteiger partial charge in [0.25, 0.3) is 0 Å². The molecule has 4 N–H and O–H groups in total. The number of aromatic carboxylic acids is 1. The van der Waals surface area contributed by atoms with Crippen molar-refractivity contribution in [3.05, 3.63) is 95.1 Å². The number of allylic oxidation sites excluding steroid dienone is 2. The number of carboxylic acid groups (broad SMARTS) is 1. The van der Waals surface area contributed by atoms with Gasteiger partial charge in [0.1, 0.15) is 35.9 Å². The van der Waals surface area contributed by atoms with Crippen LogP contribution in [-0.4, -0.2) is 152 Å². The summed E-state index contributed by atoms with van der Waals surface area (Å²) in [5.41, 5.74) is 0.470. The number of benzene rings is 1. The molecule has 16 nitrogen and oxygen atoms in total. The van der Waals surface area contributed by atoms with Gasteiger partial charge in [0.2, 0.25) is 0 Å². The molecule has 73 heavy (non-hydrogen) atoms. The number of hydrogen-bond acceptors (Lipinski definition) is 15. The van der Waals surface area contributed by atoms with Crippen molar-refractivity contribution in [2.24, 2.45) is 23.7 Å². The smallest absolute Gasteiger partial charge is 0.335 e. The number of carbonyl (C=O) groups excluding carboxylic acids is 1. The SMILES string of the molecule is CCC(C)[C@H]1O[C@]2(C=C[C@@H]1C)C[C@H](C)OC(=O)[C@H]1C=C(C)[C@@H](O)C3OC/C(=C\C=C\[C@H](C)[C@H](O[C@H]4C[C@H](OC)[C@@H](O[C@H]5C[C@H](OC)[C@H](NC)[C@H](C)O5)[C@H](C)O4)/C(C)=C/C[C@H](C)O2)C31O.O=C(O)c1ccccc1. The predicted molar refractivity (Wildman–Crippen MR) is 274 cm³/mol. The number of carboxylic acids is 1. The van der Waals surface area contributed by atoms with E-state index in [9.17, 15) is 19.8 Å². The van der Waals surface area contributed by atoms with Crippen molar-refractivity contribution in [1.82, 2.24) is 5.32 Å². The molecule has 1 aromatic carbocycles. The lowest BCUT2D eigenvalue weighted by Gasteiger charge is -2.45. The monoisotopic (exact) mass is 1020 g/mol. The molecule has 5 heterocycles. The predicted octanol–water partition coefficient (Wildman–Crippen LogP) is 7.63. The van der Waals surface area contributed by atoms with E-state index >= 15 is 0 Å². The maximum atomic E-state index is 14.2. The van der Waals surface area contributed by atoms with Gasteiger partial charge in [0, 0.05) is 45.3 Å². The van der Waals surface area contributed by atoms with Gasteiger partial charge in [0.05, 0.1) is 60.9 Å². The van der Waals surface area contributed by atoms with Crippen molar-refractivity contribution in [2.45, 2.75) is 198 Å². The van der Waals surface area contributed by atoms with Crippen molar-refractivity contribution in [3.63, 3.8) is 0 Å². The first-order valence-corrected chi connectivity index (χ1v) is 26.3. The van der Waals surface area contributed by atoms with E-state index in [2.05, 4.69) is 52.1 Å². The summed E-state index contributed by atoms with van der Waals surface area (Å²) >= 11 is 0. The van der Waals surface area contributed by atoms with E-state index in [4.69, 9.17) is 52.5 Å². The highest BCUT2D eigenvalue weighted by atomic mass is 16.7. The normalized spacial score (nSPS) is 42.8. The fraction of sp³-hybridized carbons (Fsp3) is 0.684. The van der Waals surface area contributed by atoms with E-state index in [1.165, 1.54) is 0 Å². The number of ether oxygens (including phenoxy) is 10. The van der Waals surface area contributed by atoms with Crippen LogP contribution in [-0.2, 0) is 52.2 Å². The number of rotatable bonds is 10. The Morgan fingerprint density at radius 2 is 1.56 bits per heavy atom. The molecule has 0 radical (unpaired) electrons. The van der Waals surface area contributed by atoms with Gasteiger partial charge in [-0.3, -0.25) is 4.79 Å². The van der Waals surface area contributed by atoms with Crippen molar-refractivity contribution < 1.29 is 72.3 Å². The number of methoxy groups -OCH3 is 2. The molecule has 6 aliphatic rings. The molecule has 7 rings (SSSR count). The summed E-state index contributed by atoms with van der Waals surface area (Å²) in [5.74, 6) is -3.59. The third-order valence-corrected chi connectivity index (χ3v) is 15.6. The lowest BCUT2D eigenvalue weighted by Crippen LogP contribution is -2.57. The highest BCUT2D eigenvalue weighted by Crippen LogP contribution is 2.46. The average Bonchev–Trinajstić information content (AvgIpc) is 3.70. The second-order valence-electron chi connectivity index (χ2n) is 21.1. The second-order valence-corrected chi connectivity index (χ2v) is 21.1. The lowest BCUT2D eigenvalue weighted by molar-refractivity contribution is -0.312. The number of likely N-dealkylation sites (N-methyl/N-ethyl adjacent to an activating group) is 1. The topological polar surface area (TPSA) is 199 Å². The number of cyclic esters (lactones) is 1. The molecule has 1 spiro atoms. The van der Waals surface area contributed by atoms with Gasteiger partial charge in [-0.25, -0.2) is 4.79 Å². The second kappa shape index (κ2) is 25.9. The Balaban J connectivity index is 0.000000870.